The fourth-order valence-corrected chi connectivity index (χ4v) is 2.48. The number of carbonyl (C=O) groups is 1. The average molecular weight is 348 g/mol. The number of piperazine rings is 1. The SMILES string of the molecule is O=C(c1ccc(Br)nc1)N1CCN(c2ncccn2)CC1. The molecule has 0 unspecified atom stereocenters. The van der Waals surface area contributed by atoms with Crippen LogP contribution in [0.1, 0.15) is 10.4 Å². The summed E-state index contributed by atoms with van der Waals surface area (Å²) in [6.07, 6.45) is 5.06. The fraction of sp³-hybridized carbons (Fsp3) is 0.286. The van der Waals surface area contributed by atoms with Gasteiger partial charge in [-0.1, -0.05) is 0 Å². The molecule has 3 rings (SSSR count). The van der Waals surface area contributed by atoms with Crippen LogP contribution in [-0.4, -0.2) is 51.9 Å². The molecule has 1 saturated heterocycles. The van der Waals surface area contributed by atoms with Gasteiger partial charge >= 0.3 is 0 Å². The molecule has 6 nitrogen and oxygen atoms in total. The zero-order valence-electron chi connectivity index (χ0n) is 11.3. The lowest BCUT2D eigenvalue weighted by molar-refractivity contribution is 0.0746. The van der Waals surface area contributed by atoms with Crippen molar-refractivity contribution in [3.05, 3.63) is 47.0 Å². The van der Waals surface area contributed by atoms with E-state index in [-0.39, 0.29) is 5.91 Å². The molecule has 2 aromatic heterocycles. The molecule has 0 atom stereocenters. The van der Waals surface area contributed by atoms with Gasteiger partial charge in [0.1, 0.15) is 4.60 Å². The Bertz CT molecular complexity index is 611. The molecule has 1 aliphatic heterocycles. The third kappa shape index (κ3) is 3.18. The van der Waals surface area contributed by atoms with Crippen molar-refractivity contribution in [1.29, 1.82) is 0 Å². The Hall–Kier alpha value is -2.02. The molecule has 3 heterocycles. The van der Waals surface area contributed by atoms with Gasteiger partial charge in [0.15, 0.2) is 0 Å². The molecule has 1 aliphatic rings. The van der Waals surface area contributed by atoms with Crippen LogP contribution in [0.5, 0.6) is 0 Å². The Kier molecular flexibility index (Phi) is 4.10. The number of aromatic nitrogens is 3. The highest BCUT2D eigenvalue weighted by Gasteiger charge is 2.23. The first-order valence-corrected chi connectivity index (χ1v) is 7.46. The monoisotopic (exact) mass is 347 g/mol. The molecule has 0 N–H and O–H groups in total. The van der Waals surface area contributed by atoms with Crippen molar-refractivity contribution in [3.63, 3.8) is 0 Å². The van der Waals surface area contributed by atoms with E-state index in [2.05, 4.69) is 35.8 Å². The minimum absolute atomic E-state index is 0.0173. The molecule has 7 heteroatoms. The van der Waals surface area contributed by atoms with Crippen molar-refractivity contribution in [3.8, 4) is 0 Å². The lowest BCUT2D eigenvalue weighted by Crippen LogP contribution is -2.49. The zero-order chi connectivity index (χ0) is 14.7. The quantitative estimate of drug-likeness (QED) is 0.772. The van der Waals surface area contributed by atoms with Crippen LogP contribution in [0.15, 0.2) is 41.4 Å². The lowest BCUT2D eigenvalue weighted by atomic mass is 10.2. The molecular weight excluding hydrogens is 334 g/mol. The highest BCUT2D eigenvalue weighted by atomic mass is 79.9. The van der Waals surface area contributed by atoms with Crippen molar-refractivity contribution < 1.29 is 4.79 Å². The molecule has 1 amide bonds. The van der Waals surface area contributed by atoms with Gasteiger partial charge in [0.25, 0.3) is 5.91 Å². The summed E-state index contributed by atoms with van der Waals surface area (Å²) in [5.74, 6) is 0.735. The van der Waals surface area contributed by atoms with Crippen molar-refractivity contribution in [1.82, 2.24) is 19.9 Å². The Balaban J connectivity index is 1.63. The number of nitrogens with zero attached hydrogens (tertiary/aromatic N) is 5. The summed E-state index contributed by atoms with van der Waals surface area (Å²) in [7, 11) is 0. The average Bonchev–Trinajstić information content (AvgIpc) is 2.56. The first kappa shape index (κ1) is 13.9. The maximum Gasteiger partial charge on any atom is 0.255 e. The Morgan fingerprint density at radius 3 is 2.38 bits per heavy atom. The van der Waals surface area contributed by atoms with Gasteiger partial charge in [-0.2, -0.15) is 0 Å². The van der Waals surface area contributed by atoms with E-state index < -0.39 is 0 Å². The molecule has 1 fully saturated rings. The van der Waals surface area contributed by atoms with Gasteiger partial charge in [-0.3, -0.25) is 4.79 Å². The summed E-state index contributed by atoms with van der Waals surface area (Å²) in [5, 5.41) is 0. The van der Waals surface area contributed by atoms with Gasteiger partial charge < -0.3 is 9.80 Å². The van der Waals surface area contributed by atoms with Gasteiger partial charge in [0.2, 0.25) is 5.95 Å². The molecule has 0 bridgehead atoms. The number of anilines is 1. The highest BCUT2D eigenvalue weighted by molar-refractivity contribution is 9.10. The number of pyridine rings is 1. The number of hydrogen-bond donors (Lipinski definition) is 0. The zero-order valence-corrected chi connectivity index (χ0v) is 12.9. The highest BCUT2D eigenvalue weighted by Crippen LogP contribution is 2.13. The minimum atomic E-state index is 0.0173. The molecular formula is C14H14BrN5O. The molecule has 0 aromatic carbocycles. The second-order valence-electron chi connectivity index (χ2n) is 4.70. The van der Waals surface area contributed by atoms with Crippen LogP contribution < -0.4 is 4.90 Å². The van der Waals surface area contributed by atoms with E-state index in [0.717, 1.165) is 23.6 Å². The van der Waals surface area contributed by atoms with Crippen LogP contribution in [-0.2, 0) is 0 Å². The molecule has 21 heavy (non-hydrogen) atoms. The normalized spacial score (nSPS) is 15.1. The van der Waals surface area contributed by atoms with E-state index in [1.807, 2.05) is 4.90 Å². The summed E-state index contributed by atoms with van der Waals surface area (Å²) in [6, 6.07) is 5.36. The van der Waals surface area contributed by atoms with Crippen LogP contribution in [0.2, 0.25) is 0 Å². The van der Waals surface area contributed by atoms with Crippen LogP contribution in [0.4, 0.5) is 5.95 Å². The number of rotatable bonds is 2. The largest absolute Gasteiger partial charge is 0.337 e. The van der Waals surface area contributed by atoms with Gasteiger partial charge in [0.05, 0.1) is 5.56 Å². The predicted octanol–water partition coefficient (Wildman–Crippen LogP) is 1.60. The Morgan fingerprint density at radius 2 is 1.76 bits per heavy atom. The number of halogens is 1. The van der Waals surface area contributed by atoms with E-state index in [1.165, 1.54) is 0 Å². The number of carbonyl (C=O) groups excluding carboxylic acids is 1. The van der Waals surface area contributed by atoms with Crippen molar-refractivity contribution in [2.75, 3.05) is 31.1 Å². The molecule has 0 radical (unpaired) electrons. The van der Waals surface area contributed by atoms with Crippen LogP contribution >= 0.6 is 15.9 Å². The molecule has 0 aliphatic carbocycles. The Labute approximate surface area is 131 Å². The fourth-order valence-electron chi connectivity index (χ4n) is 2.25. The van der Waals surface area contributed by atoms with Crippen LogP contribution in [0.3, 0.4) is 0 Å². The third-order valence-corrected chi connectivity index (χ3v) is 3.85. The summed E-state index contributed by atoms with van der Waals surface area (Å²) >= 11 is 3.27. The first-order valence-electron chi connectivity index (χ1n) is 6.67. The maximum absolute atomic E-state index is 12.4. The van der Waals surface area contributed by atoms with E-state index >= 15 is 0 Å². The molecule has 0 saturated carbocycles. The van der Waals surface area contributed by atoms with Crippen molar-refractivity contribution in [2.24, 2.45) is 0 Å². The van der Waals surface area contributed by atoms with Crippen molar-refractivity contribution in [2.45, 2.75) is 0 Å². The molecule has 108 valence electrons. The maximum atomic E-state index is 12.4. The van der Waals surface area contributed by atoms with E-state index in [4.69, 9.17) is 0 Å². The van der Waals surface area contributed by atoms with Crippen LogP contribution in [0, 0.1) is 0 Å². The third-order valence-electron chi connectivity index (χ3n) is 3.38. The van der Waals surface area contributed by atoms with Gasteiger partial charge in [-0.05, 0) is 34.1 Å². The topological polar surface area (TPSA) is 62.2 Å². The van der Waals surface area contributed by atoms with Crippen molar-refractivity contribution >= 4 is 27.8 Å². The summed E-state index contributed by atoms with van der Waals surface area (Å²) < 4.78 is 0.727. The summed E-state index contributed by atoms with van der Waals surface area (Å²) in [4.78, 5) is 28.9. The lowest BCUT2D eigenvalue weighted by Gasteiger charge is -2.34. The second-order valence-corrected chi connectivity index (χ2v) is 5.51. The number of hydrogen-bond acceptors (Lipinski definition) is 5. The molecule has 2 aromatic rings. The van der Waals surface area contributed by atoms with Crippen LogP contribution in [0.25, 0.3) is 0 Å². The van der Waals surface area contributed by atoms with E-state index in [1.54, 1.807) is 36.8 Å². The predicted molar refractivity (Wildman–Crippen MR) is 82.1 cm³/mol. The van der Waals surface area contributed by atoms with E-state index in [9.17, 15) is 4.79 Å². The van der Waals surface area contributed by atoms with E-state index in [0.29, 0.717) is 18.7 Å². The summed E-state index contributed by atoms with van der Waals surface area (Å²) in [6.45, 7) is 2.79. The van der Waals surface area contributed by atoms with Gasteiger partial charge in [-0.15, -0.1) is 0 Å². The second kappa shape index (κ2) is 6.17. The standard InChI is InChI=1S/C14H14BrN5O/c15-12-3-2-11(10-18-12)13(21)19-6-8-20(9-7-19)14-16-4-1-5-17-14/h1-5,10H,6-9H2. The Morgan fingerprint density at radius 1 is 1.05 bits per heavy atom. The summed E-state index contributed by atoms with van der Waals surface area (Å²) in [5.41, 5.74) is 0.614. The minimum Gasteiger partial charge on any atom is -0.337 e. The first-order chi connectivity index (χ1) is 10.2. The smallest absolute Gasteiger partial charge is 0.255 e. The van der Waals surface area contributed by atoms with Gasteiger partial charge in [0, 0.05) is 44.8 Å². The van der Waals surface area contributed by atoms with Gasteiger partial charge in [-0.25, -0.2) is 15.0 Å². The number of amides is 1. The molecule has 0 spiro atoms.